The van der Waals surface area contributed by atoms with E-state index in [2.05, 4.69) is 35.9 Å². The van der Waals surface area contributed by atoms with E-state index >= 15 is 0 Å². The summed E-state index contributed by atoms with van der Waals surface area (Å²) in [4.78, 5) is 11.3. The lowest BCUT2D eigenvalue weighted by Gasteiger charge is -2.06. The van der Waals surface area contributed by atoms with Crippen molar-refractivity contribution in [1.82, 2.24) is 0 Å². The molecule has 0 saturated carbocycles. The van der Waals surface area contributed by atoms with Crippen molar-refractivity contribution in [3.63, 3.8) is 0 Å². The smallest absolute Gasteiger partial charge is 0.333 e. The van der Waals surface area contributed by atoms with Gasteiger partial charge in [-0.15, -0.1) is 0 Å². The minimum atomic E-state index is -0.280. The SMILES string of the molecule is C=C(C)C(=O)OCCCCCCCCCCCOc1ccc(N=Nc2ccc(CCCCC)cc2)cc1. The zero-order chi connectivity index (χ0) is 26.6. The van der Waals surface area contributed by atoms with Gasteiger partial charge in [0, 0.05) is 5.57 Å². The van der Waals surface area contributed by atoms with E-state index in [0.717, 1.165) is 49.4 Å². The summed E-state index contributed by atoms with van der Waals surface area (Å²) in [6, 6.07) is 16.2. The molecule has 0 amide bonds. The van der Waals surface area contributed by atoms with E-state index in [1.165, 1.54) is 63.4 Å². The highest BCUT2D eigenvalue weighted by Crippen LogP contribution is 2.22. The van der Waals surface area contributed by atoms with Crippen LogP contribution in [0.25, 0.3) is 0 Å². The van der Waals surface area contributed by atoms with Crippen LogP contribution in [-0.4, -0.2) is 19.2 Å². The van der Waals surface area contributed by atoms with Crippen LogP contribution in [0.15, 0.2) is 70.9 Å². The first-order valence-corrected chi connectivity index (χ1v) is 14.1. The van der Waals surface area contributed by atoms with Crippen LogP contribution < -0.4 is 4.74 Å². The van der Waals surface area contributed by atoms with Gasteiger partial charge in [-0.25, -0.2) is 4.79 Å². The highest BCUT2D eigenvalue weighted by atomic mass is 16.5. The number of carbonyl (C=O) groups excluding carboxylic acids is 1. The van der Waals surface area contributed by atoms with Crippen molar-refractivity contribution in [1.29, 1.82) is 0 Å². The topological polar surface area (TPSA) is 60.2 Å². The van der Waals surface area contributed by atoms with Crippen LogP contribution in [0.2, 0.25) is 0 Å². The van der Waals surface area contributed by atoms with Gasteiger partial charge in [0.05, 0.1) is 24.6 Å². The summed E-state index contributed by atoms with van der Waals surface area (Å²) in [5.74, 6) is 0.599. The lowest BCUT2D eigenvalue weighted by atomic mass is 10.1. The van der Waals surface area contributed by atoms with Gasteiger partial charge in [0.1, 0.15) is 5.75 Å². The van der Waals surface area contributed by atoms with Crippen molar-refractivity contribution in [2.45, 2.75) is 97.3 Å². The number of ether oxygens (including phenoxy) is 2. The van der Waals surface area contributed by atoms with Crippen molar-refractivity contribution in [2.75, 3.05) is 13.2 Å². The molecule has 0 aliphatic heterocycles. The molecule has 0 radical (unpaired) electrons. The molecule has 5 heteroatoms. The van der Waals surface area contributed by atoms with Crippen LogP contribution in [0.3, 0.4) is 0 Å². The zero-order valence-electron chi connectivity index (χ0n) is 23.1. The van der Waals surface area contributed by atoms with Crippen molar-refractivity contribution in [3.8, 4) is 5.75 Å². The summed E-state index contributed by atoms with van der Waals surface area (Å²) in [7, 11) is 0. The number of hydrogen-bond acceptors (Lipinski definition) is 5. The third-order valence-electron chi connectivity index (χ3n) is 6.26. The molecule has 2 aromatic rings. The molecular weight excluding hydrogens is 460 g/mol. The highest BCUT2D eigenvalue weighted by molar-refractivity contribution is 5.86. The van der Waals surface area contributed by atoms with E-state index < -0.39 is 0 Å². The molecule has 2 rings (SSSR count). The molecule has 0 heterocycles. The maximum absolute atomic E-state index is 11.3. The van der Waals surface area contributed by atoms with Crippen LogP contribution in [0.4, 0.5) is 11.4 Å². The Hall–Kier alpha value is -2.95. The van der Waals surface area contributed by atoms with Gasteiger partial charge in [-0.1, -0.05) is 83.4 Å². The Bertz CT molecular complexity index is 920. The standard InChI is InChI=1S/C32H46N2O3/c1-4-5-13-16-28-17-19-29(20-18-28)33-34-30-21-23-31(24-22-30)36-25-14-11-9-7-6-8-10-12-15-26-37-32(35)27(2)3/h17-24H,2,4-16,25-26H2,1,3H3. The van der Waals surface area contributed by atoms with Crippen LogP contribution >= 0.6 is 0 Å². The second-order valence-electron chi connectivity index (χ2n) is 9.76. The Morgan fingerprint density at radius 2 is 1.22 bits per heavy atom. The van der Waals surface area contributed by atoms with E-state index in [-0.39, 0.29) is 5.97 Å². The lowest BCUT2D eigenvalue weighted by molar-refractivity contribution is -0.139. The number of benzene rings is 2. The molecule has 0 spiro atoms. The number of azo groups is 1. The Kier molecular flexibility index (Phi) is 15.7. The van der Waals surface area contributed by atoms with Crippen molar-refractivity contribution in [3.05, 3.63) is 66.2 Å². The van der Waals surface area contributed by atoms with Crippen LogP contribution in [0, 0.1) is 0 Å². The maximum atomic E-state index is 11.3. The van der Waals surface area contributed by atoms with Gasteiger partial charge in [0.25, 0.3) is 0 Å². The van der Waals surface area contributed by atoms with E-state index in [4.69, 9.17) is 9.47 Å². The average Bonchev–Trinajstić information content (AvgIpc) is 2.91. The quantitative estimate of drug-likeness (QED) is 0.0777. The van der Waals surface area contributed by atoms with E-state index in [0.29, 0.717) is 12.2 Å². The molecule has 0 aliphatic carbocycles. The molecule has 0 N–H and O–H groups in total. The number of esters is 1. The summed E-state index contributed by atoms with van der Waals surface area (Å²) in [6.07, 6.45) is 15.5. The Morgan fingerprint density at radius 3 is 1.76 bits per heavy atom. The second-order valence-corrected chi connectivity index (χ2v) is 9.76. The van der Waals surface area contributed by atoms with Gasteiger partial charge >= 0.3 is 5.97 Å². The Labute approximate surface area is 224 Å². The minimum Gasteiger partial charge on any atom is -0.494 e. The summed E-state index contributed by atoms with van der Waals surface area (Å²) < 4.78 is 11.0. The summed E-state index contributed by atoms with van der Waals surface area (Å²) in [6.45, 7) is 8.74. The van der Waals surface area contributed by atoms with Gasteiger partial charge in [0.15, 0.2) is 0 Å². The number of hydrogen-bond donors (Lipinski definition) is 0. The van der Waals surface area contributed by atoms with Gasteiger partial charge in [-0.3, -0.25) is 0 Å². The first kappa shape index (κ1) is 30.3. The average molecular weight is 507 g/mol. The first-order valence-electron chi connectivity index (χ1n) is 14.1. The Morgan fingerprint density at radius 1 is 0.703 bits per heavy atom. The van der Waals surface area contributed by atoms with Gasteiger partial charge < -0.3 is 9.47 Å². The van der Waals surface area contributed by atoms with Crippen molar-refractivity contribution >= 4 is 17.3 Å². The molecule has 0 unspecified atom stereocenters. The molecule has 2 aromatic carbocycles. The highest BCUT2D eigenvalue weighted by Gasteiger charge is 2.02. The third kappa shape index (κ3) is 14.4. The van der Waals surface area contributed by atoms with Crippen LogP contribution in [-0.2, 0) is 16.0 Å². The van der Waals surface area contributed by atoms with E-state index in [9.17, 15) is 4.79 Å². The molecule has 0 aromatic heterocycles. The number of aryl methyl sites for hydroxylation is 1. The van der Waals surface area contributed by atoms with Gasteiger partial charge in [-0.05, 0) is 74.6 Å². The molecular formula is C32H46N2O3. The minimum absolute atomic E-state index is 0.280. The van der Waals surface area contributed by atoms with Crippen molar-refractivity contribution in [2.24, 2.45) is 10.2 Å². The molecule has 0 saturated heterocycles. The fraction of sp³-hybridized carbons (Fsp3) is 0.531. The number of carbonyl (C=O) groups is 1. The molecule has 0 bridgehead atoms. The van der Waals surface area contributed by atoms with Crippen LogP contribution in [0.5, 0.6) is 5.75 Å². The number of unbranched alkanes of at least 4 members (excludes halogenated alkanes) is 10. The predicted molar refractivity (Wildman–Crippen MR) is 153 cm³/mol. The van der Waals surface area contributed by atoms with E-state index in [1.54, 1.807) is 6.92 Å². The molecule has 0 atom stereocenters. The predicted octanol–water partition coefficient (Wildman–Crippen LogP) is 9.84. The normalized spacial score (nSPS) is 11.1. The summed E-state index contributed by atoms with van der Waals surface area (Å²) in [5, 5.41) is 8.70. The summed E-state index contributed by atoms with van der Waals surface area (Å²) >= 11 is 0. The molecule has 5 nitrogen and oxygen atoms in total. The number of nitrogens with zero attached hydrogens (tertiary/aromatic N) is 2. The van der Waals surface area contributed by atoms with Gasteiger partial charge in [0.2, 0.25) is 0 Å². The first-order chi connectivity index (χ1) is 18.1. The summed E-state index contributed by atoms with van der Waals surface area (Å²) in [5.41, 5.74) is 3.53. The fourth-order valence-corrected chi connectivity index (χ4v) is 3.95. The third-order valence-corrected chi connectivity index (χ3v) is 6.26. The lowest BCUT2D eigenvalue weighted by Crippen LogP contribution is -2.05. The van der Waals surface area contributed by atoms with Crippen molar-refractivity contribution < 1.29 is 14.3 Å². The molecule has 37 heavy (non-hydrogen) atoms. The van der Waals surface area contributed by atoms with Crippen LogP contribution in [0.1, 0.15) is 96.5 Å². The fourth-order valence-electron chi connectivity index (χ4n) is 3.95. The molecule has 0 fully saturated rings. The van der Waals surface area contributed by atoms with E-state index in [1.807, 2.05) is 36.4 Å². The largest absolute Gasteiger partial charge is 0.494 e. The molecule has 0 aliphatic rings. The molecule has 202 valence electrons. The second kappa shape index (κ2) is 19.2. The monoisotopic (exact) mass is 506 g/mol. The Balaban J connectivity index is 1.48. The zero-order valence-corrected chi connectivity index (χ0v) is 23.1. The number of rotatable bonds is 20. The van der Waals surface area contributed by atoms with Gasteiger partial charge in [-0.2, -0.15) is 10.2 Å². The maximum Gasteiger partial charge on any atom is 0.333 e.